The van der Waals surface area contributed by atoms with Gasteiger partial charge in [-0.25, -0.2) is 0 Å². The van der Waals surface area contributed by atoms with Crippen LogP contribution in [-0.2, 0) is 0 Å². The molecule has 0 radical (unpaired) electrons. The molecule has 0 aromatic heterocycles. The molecular formula is C11H29NO. The lowest BCUT2D eigenvalue weighted by Gasteiger charge is -1.97. The van der Waals surface area contributed by atoms with Gasteiger partial charge >= 0.3 is 0 Å². The van der Waals surface area contributed by atoms with E-state index in [1.165, 1.54) is 12.8 Å². The largest absolute Gasteiger partial charge is 0.396 e. The predicted octanol–water partition coefficient (Wildman–Crippen LogP) is 2.81. The Kier molecular flexibility index (Phi) is 42.6. The van der Waals surface area contributed by atoms with E-state index in [2.05, 4.69) is 5.32 Å². The molecule has 2 nitrogen and oxygen atoms in total. The number of hydrogen-bond donors (Lipinski definition) is 2. The fourth-order valence-corrected chi connectivity index (χ4v) is 0.767. The van der Waals surface area contributed by atoms with Gasteiger partial charge in [-0.2, -0.15) is 0 Å². The van der Waals surface area contributed by atoms with Gasteiger partial charge in [-0.1, -0.05) is 40.5 Å². The van der Waals surface area contributed by atoms with Crippen LogP contribution in [0.25, 0.3) is 0 Å². The van der Waals surface area contributed by atoms with Crippen LogP contribution in [0.2, 0.25) is 0 Å². The second kappa shape index (κ2) is 29.7. The molecule has 0 saturated heterocycles. The van der Waals surface area contributed by atoms with Crippen molar-refractivity contribution in [3.63, 3.8) is 0 Å². The van der Waals surface area contributed by atoms with Gasteiger partial charge in [0.2, 0.25) is 0 Å². The Hall–Kier alpha value is -0.0800. The maximum atomic E-state index is 8.41. The van der Waals surface area contributed by atoms with Crippen molar-refractivity contribution in [3.8, 4) is 0 Å². The summed E-state index contributed by atoms with van der Waals surface area (Å²) in [6.07, 6.45) is 4.60. The lowest BCUT2D eigenvalue weighted by molar-refractivity contribution is 0.282. The van der Waals surface area contributed by atoms with Gasteiger partial charge in [0.1, 0.15) is 0 Å². The van der Waals surface area contributed by atoms with E-state index >= 15 is 0 Å². The quantitative estimate of drug-likeness (QED) is 0.633. The van der Waals surface area contributed by atoms with Crippen LogP contribution in [0, 0.1) is 0 Å². The molecule has 0 amide bonds. The van der Waals surface area contributed by atoms with E-state index in [-0.39, 0.29) is 0 Å². The average molecular weight is 191 g/mol. The minimum absolute atomic E-state index is 0.347. The fourth-order valence-electron chi connectivity index (χ4n) is 0.767. The van der Waals surface area contributed by atoms with Gasteiger partial charge in [0.15, 0.2) is 0 Å². The molecule has 0 aliphatic rings. The van der Waals surface area contributed by atoms with E-state index in [0.29, 0.717) is 6.61 Å². The first kappa shape index (κ1) is 18.7. The van der Waals surface area contributed by atoms with E-state index in [1.807, 2.05) is 34.7 Å². The summed E-state index contributed by atoms with van der Waals surface area (Å²) in [7, 11) is 1.96. The zero-order valence-electron chi connectivity index (χ0n) is 10.2. The molecule has 0 unspecified atom stereocenters. The lowest BCUT2D eigenvalue weighted by Crippen LogP contribution is -2.06. The Bertz CT molecular complexity index is 43.4. The Balaban J connectivity index is -0.000000218. The van der Waals surface area contributed by atoms with Crippen molar-refractivity contribution in [2.75, 3.05) is 20.2 Å². The molecule has 84 valence electrons. The van der Waals surface area contributed by atoms with Crippen LogP contribution < -0.4 is 5.32 Å². The molecule has 2 N–H and O–H groups in total. The van der Waals surface area contributed by atoms with Gasteiger partial charge in [-0.05, 0) is 26.4 Å². The zero-order valence-corrected chi connectivity index (χ0v) is 10.2. The molecular weight excluding hydrogens is 162 g/mol. The third-order valence-corrected chi connectivity index (χ3v) is 1.33. The molecule has 0 rings (SSSR count). The Labute approximate surface area is 84.7 Å². The van der Waals surface area contributed by atoms with E-state index in [4.69, 9.17) is 5.11 Å². The van der Waals surface area contributed by atoms with E-state index in [9.17, 15) is 0 Å². The Morgan fingerprint density at radius 2 is 1.31 bits per heavy atom. The number of aliphatic hydroxyl groups is 1. The van der Waals surface area contributed by atoms with Crippen LogP contribution in [0.5, 0.6) is 0 Å². The molecule has 0 bridgehead atoms. The first-order valence-electron chi connectivity index (χ1n) is 5.67. The highest BCUT2D eigenvalue weighted by molar-refractivity contribution is 4.43. The van der Waals surface area contributed by atoms with E-state index in [0.717, 1.165) is 19.4 Å². The Morgan fingerprint density at radius 1 is 0.846 bits per heavy atom. The van der Waals surface area contributed by atoms with Crippen LogP contribution in [-0.4, -0.2) is 25.3 Å². The second-order valence-corrected chi connectivity index (χ2v) is 2.24. The van der Waals surface area contributed by atoms with E-state index in [1.54, 1.807) is 0 Å². The van der Waals surface area contributed by atoms with Crippen molar-refractivity contribution in [1.82, 2.24) is 5.32 Å². The number of nitrogens with one attached hydrogen (secondary N) is 1. The SMILES string of the molecule is CC.CC.CNCCCCCCO. The highest BCUT2D eigenvalue weighted by Crippen LogP contribution is 1.96. The summed E-state index contributed by atoms with van der Waals surface area (Å²) < 4.78 is 0. The molecule has 0 fully saturated rings. The summed E-state index contributed by atoms with van der Waals surface area (Å²) in [6.45, 7) is 9.45. The molecule has 0 atom stereocenters. The van der Waals surface area contributed by atoms with Crippen molar-refractivity contribution < 1.29 is 5.11 Å². The minimum atomic E-state index is 0.347. The van der Waals surface area contributed by atoms with Crippen molar-refractivity contribution in [1.29, 1.82) is 0 Å². The van der Waals surface area contributed by atoms with Crippen LogP contribution >= 0.6 is 0 Å². The number of rotatable bonds is 6. The first-order valence-corrected chi connectivity index (χ1v) is 5.67. The van der Waals surface area contributed by atoms with Gasteiger partial charge in [-0.3, -0.25) is 0 Å². The van der Waals surface area contributed by atoms with Crippen LogP contribution in [0.1, 0.15) is 53.4 Å². The average Bonchev–Trinajstić information content (AvgIpc) is 2.24. The van der Waals surface area contributed by atoms with Crippen LogP contribution in [0.15, 0.2) is 0 Å². The molecule has 0 spiro atoms. The predicted molar refractivity (Wildman–Crippen MR) is 62.2 cm³/mol. The van der Waals surface area contributed by atoms with Crippen molar-refractivity contribution in [2.45, 2.75) is 53.4 Å². The monoisotopic (exact) mass is 191 g/mol. The first-order chi connectivity index (χ1) is 6.41. The number of hydrogen-bond acceptors (Lipinski definition) is 2. The van der Waals surface area contributed by atoms with Crippen molar-refractivity contribution >= 4 is 0 Å². The van der Waals surface area contributed by atoms with Crippen molar-refractivity contribution in [3.05, 3.63) is 0 Å². The molecule has 0 aromatic rings. The summed E-state index contributed by atoms with van der Waals surface area (Å²) in [4.78, 5) is 0. The smallest absolute Gasteiger partial charge is 0.0431 e. The molecule has 13 heavy (non-hydrogen) atoms. The summed E-state index contributed by atoms with van der Waals surface area (Å²) in [5.41, 5.74) is 0. The topological polar surface area (TPSA) is 32.3 Å². The molecule has 0 saturated carbocycles. The van der Waals surface area contributed by atoms with Crippen LogP contribution in [0.3, 0.4) is 0 Å². The van der Waals surface area contributed by atoms with Crippen LogP contribution in [0.4, 0.5) is 0 Å². The third kappa shape index (κ3) is 33.5. The third-order valence-electron chi connectivity index (χ3n) is 1.33. The maximum absolute atomic E-state index is 8.41. The van der Waals surface area contributed by atoms with Gasteiger partial charge in [0.25, 0.3) is 0 Å². The second-order valence-electron chi connectivity index (χ2n) is 2.24. The van der Waals surface area contributed by atoms with Gasteiger partial charge in [0, 0.05) is 6.61 Å². The summed E-state index contributed by atoms with van der Waals surface area (Å²) >= 11 is 0. The molecule has 0 aliphatic heterocycles. The van der Waals surface area contributed by atoms with Crippen molar-refractivity contribution in [2.24, 2.45) is 0 Å². The van der Waals surface area contributed by atoms with Gasteiger partial charge in [-0.15, -0.1) is 0 Å². The zero-order chi connectivity index (χ0) is 10.9. The summed E-state index contributed by atoms with van der Waals surface area (Å²) in [5, 5.41) is 11.5. The van der Waals surface area contributed by atoms with Gasteiger partial charge < -0.3 is 10.4 Å². The van der Waals surface area contributed by atoms with E-state index < -0.39 is 0 Å². The Morgan fingerprint density at radius 3 is 1.69 bits per heavy atom. The number of aliphatic hydroxyl groups excluding tert-OH is 1. The lowest BCUT2D eigenvalue weighted by atomic mass is 10.2. The molecule has 0 aliphatic carbocycles. The summed E-state index contributed by atoms with van der Waals surface area (Å²) in [5.74, 6) is 0. The normalized spacial score (nSPS) is 7.85. The number of unbranched alkanes of at least 4 members (excludes halogenated alkanes) is 3. The standard InChI is InChI=1S/C7H17NO.2C2H6/c1-8-6-4-2-3-5-7-9;2*1-2/h8-9H,2-7H2,1H3;2*1-2H3. The highest BCUT2D eigenvalue weighted by atomic mass is 16.2. The molecule has 0 heterocycles. The van der Waals surface area contributed by atoms with Gasteiger partial charge in [0.05, 0.1) is 0 Å². The maximum Gasteiger partial charge on any atom is 0.0431 e. The highest BCUT2D eigenvalue weighted by Gasteiger charge is 1.85. The molecule has 0 aromatic carbocycles. The summed E-state index contributed by atoms with van der Waals surface area (Å²) in [6, 6.07) is 0. The minimum Gasteiger partial charge on any atom is -0.396 e. The fraction of sp³-hybridized carbons (Fsp3) is 1.00. The molecule has 2 heteroatoms.